The highest BCUT2D eigenvalue weighted by molar-refractivity contribution is 8.76. The lowest BCUT2D eigenvalue weighted by Crippen LogP contribution is -2.27. The fourth-order valence-electron chi connectivity index (χ4n) is 1.70. The van der Waals surface area contributed by atoms with E-state index in [1.54, 1.807) is 21.6 Å². The molecule has 25 heavy (non-hydrogen) atoms. The van der Waals surface area contributed by atoms with Crippen LogP contribution in [0.2, 0.25) is 0 Å². The molecule has 0 atom stereocenters. The van der Waals surface area contributed by atoms with Gasteiger partial charge in [-0.15, -0.1) is 0 Å². The summed E-state index contributed by atoms with van der Waals surface area (Å²) in [7, 11) is 3.49. The Morgan fingerprint density at radius 1 is 1.08 bits per heavy atom. The smallest absolute Gasteiger partial charge is 0.148 e. The number of ketones is 1. The van der Waals surface area contributed by atoms with Crippen LogP contribution in [-0.4, -0.2) is 63.0 Å². The van der Waals surface area contributed by atoms with Crippen molar-refractivity contribution < 1.29 is 14.3 Å². The largest absolute Gasteiger partial charge is 0.376 e. The number of hydrogen-bond acceptors (Lipinski definition) is 7. The summed E-state index contributed by atoms with van der Waals surface area (Å²) in [5, 5.41) is 6.47. The first kappa shape index (κ1) is 24.9. The summed E-state index contributed by atoms with van der Waals surface area (Å²) in [5.74, 6) is 2.42. The molecule has 0 rings (SSSR count). The van der Waals surface area contributed by atoms with Crippen molar-refractivity contribution in [2.75, 3.05) is 51.1 Å². The first-order chi connectivity index (χ1) is 12.0. The molecule has 2 N–H and O–H groups in total. The first-order valence-corrected chi connectivity index (χ1v) is 11.5. The molecule has 7 heteroatoms. The number of carbonyl (C=O) groups excluding carboxylic acids is 1. The van der Waals surface area contributed by atoms with Crippen molar-refractivity contribution in [3.05, 3.63) is 12.2 Å². The zero-order chi connectivity index (χ0) is 18.8. The first-order valence-electron chi connectivity index (χ1n) is 9.04. The van der Waals surface area contributed by atoms with E-state index in [1.807, 2.05) is 6.08 Å². The molecule has 0 bridgehead atoms. The molecule has 0 aliphatic heterocycles. The third kappa shape index (κ3) is 21.9. The molecule has 148 valence electrons. The molecule has 5 nitrogen and oxygen atoms in total. The van der Waals surface area contributed by atoms with E-state index in [2.05, 4.69) is 44.4 Å². The van der Waals surface area contributed by atoms with Crippen LogP contribution < -0.4 is 10.6 Å². The average molecular weight is 393 g/mol. The Hall–Kier alpha value is -0.0500. The van der Waals surface area contributed by atoms with Gasteiger partial charge in [-0.2, -0.15) is 0 Å². The number of nitrogens with one attached hydrogen (secondary N) is 2. The van der Waals surface area contributed by atoms with Gasteiger partial charge >= 0.3 is 0 Å². The third-order valence-corrected chi connectivity index (χ3v) is 5.05. The van der Waals surface area contributed by atoms with Gasteiger partial charge in [0.2, 0.25) is 0 Å². The summed E-state index contributed by atoms with van der Waals surface area (Å²) in [4.78, 5) is 11.7. The van der Waals surface area contributed by atoms with E-state index in [9.17, 15) is 4.79 Å². The molecule has 0 heterocycles. The average Bonchev–Trinajstić information content (AvgIpc) is 2.55. The number of allylic oxidation sites excluding steroid dienone is 1. The minimum atomic E-state index is 0.179. The van der Waals surface area contributed by atoms with Crippen LogP contribution in [0.25, 0.3) is 0 Å². The zero-order valence-electron chi connectivity index (χ0n) is 16.2. The van der Waals surface area contributed by atoms with Gasteiger partial charge in [0.15, 0.2) is 0 Å². The second-order valence-corrected chi connectivity index (χ2v) is 8.82. The number of rotatable bonds is 18. The van der Waals surface area contributed by atoms with Crippen molar-refractivity contribution in [3.63, 3.8) is 0 Å². The van der Waals surface area contributed by atoms with E-state index >= 15 is 0 Å². The second kappa shape index (κ2) is 18.7. The SMILES string of the molecule is CC(C)/C=C/COCCNCC(=O)CCOCSSCCNC(C)C. The van der Waals surface area contributed by atoms with Crippen molar-refractivity contribution in [2.45, 2.75) is 40.2 Å². The molecule has 0 saturated carbocycles. The molecule has 0 saturated heterocycles. The monoisotopic (exact) mass is 392 g/mol. The van der Waals surface area contributed by atoms with E-state index < -0.39 is 0 Å². The summed E-state index contributed by atoms with van der Waals surface area (Å²) in [6.07, 6.45) is 4.62. The topological polar surface area (TPSA) is 59.6 Å². The van der Waals surface area contributed by atoms with Gasteiger partial charge in [-0.25, -0.2) is 0 Å². The van der Waals surface area contributed by atoms with Crippen molar-refractivity contribution in [1.82, 2.24) is 10.6 Å². The van der Waals surface area contributed by atoms with Gasteiger partial charge in [0.1, 0.15) is 11.7 Å². The van der Waals surface area contributed by atoms with Crippen LogP contribution >= 0.6 is 21.6 Å². The van der Waals surface area contributed by atoms with E-state index in [-0.39, 0.29) is 5.78 Å². The highest BCUT2D eigenvalue weighted by Gasteiger charge is 2.01. The highest BCUT2D eigenvalue weighted by Crippen LogP contribution is 2.20. The molecule has 0 spiro atoms. The molecule has 0 aromatic heterocycles. The van der Waals surface area contributed by atoms with Crippen LogP contribution in [0.1, 0.15) is 34.1 Å². The van der Waals surface area contributed by atoms with Crippen molar-refractivity contribution in [1.29, 1.82) is 0 Å². The minimum Gasteiger partial charge on any atom is -0.376 e. The van der Waals surface area contributed by atoms with Gasteiger partial charge in [0.25, 0.3) is 0 Å². The molecule has 0 amide bonds. The van der Waals surface area contributed by atoms with Gasteiger partial charge in [-0.3, -0.25) is 4.79 Å². The molecule has 0 aromatic rings. The third-order valence-electron chi connectivity index (χ3n) is 2.96. The molecular formula is C18H36N2O3S2. The quantitative estimate of drug-likeness (QED) is 0.161. The molecule has 0 unspecified atom stereocenters. The number of Topliss-reactive ketones (excluding diaryl/α,β-unsaturated/α-hetero) is 1. The summed E-state index contributed by atoms with van der Waals surface area (Å²) in [6, 6.07) is 0.537. The van der Waals surface area contributed by atoms with Gasteiger partial charge in [0.05, 0.1) is 26.4 Å². The van der Waals surface area contributed by atoms with Crippen LogP contribution in [0.5, 0.6) is 0 Å². The standard InChI is InChI=1S/C18H36N2O3S2/c1-16(2)6-5-10-22-12-8-19-14-18(21)7-11-23-15-25-24-13-9-20-17(3)4/h5-6,16-17,19-20H,7-15H2,1-4H3/b6-5+. The summed E-state index contributed by atoms with van der Waals surface area (Å²) < 4.78 is 10.9. The Morgan fingerprint density at radius 2 is 1.88 bits per heavy atom. The Morgan fingerprint density at radius 3 is 2.60 bits per heavy atom. The highest BCUT2D eigenvalue weighted by atomic mass is 33.1. The minimum absolute atomic E-state index is 0.179. The molecule has 0 fully saturated rings. The van der Waals surface area contributed by atoms with Crippen LogP contribution in [0.3, 0.4) is 0 Å². The Labute approximate surface area is 161 Å². The second-order valence-electron chi connectivity index (χ2n) is 6.29. The van der Waals surface area contributed by atoms with Gasteiger partial charge in [-0.05, 0) is 5.92 Å². The Balaban J connectivity index is 3.23. The van der Waals surface area contributed by atoms with Crippen LogP contribution in [0.4, 0.5) is 0 Å². The lowest BCUT2D eigenvalue weighted by molar-refractivity contribution is -0.119. The summed E-state index contributed by atoms with van der Waals surface area (Å²) in [5.41, 5.74) is 0. The summed E-state index contributed by atoms with van der Waals surface area (Å²) >= 11 is 0. The maximum Gasteiger partial charge on any atom is 0.148 e. The maximum absolute atomic E-state index is 11.7. The lowest BCUT2D eigenvalue weighted by Gasteiger charge is -2.07. The molecular weight excluding hydrogens is 356 g/mol. The van der Waals surface area contributed by atoms with Gasteiger partial charge in [0, 0.05) is 31.3 Å². The molecule has 0 aliphatic carbocycles. The Bertz CT molecular complexity index is 340. The zero-order valence-corrected chi connectivity index (χ0v) is 17.8. The van der Waals surface area contributed by atoms with E-state index in [4.69, 9.17) is 9.47 Å². The van der Waals surface area contributed by atoms with Crippen molar-refractivity contribution in [3.8, 4) is 0 Å². The van der Waals surface area contributed by atoms with Crippen molar-refractivity contribution in [2.24, 2.45) is 5.92 Å². The van der Waals surface area contributed by atoms with Crippen molar-refractivity contribution >= 4 is 27.4 Å². The number of carbonyl (C=O) groups is 1. The van der Waals surface area contributed by atoms with Crippen LogP contribution in [-0.2, 0) is 14.3 Å². The number of hydrogen-bond donors (Lipinski definition) is 2. The van der Waals surface area contributed by atoms with E-state index in [0.717, 1.165) is 12.3 Å². The predicted octanol–water partition coefficient (Wildman–Crippen LogP) is 3.12. The van der Waals surface area contributed by atoms with Crippen LogP contribution in [0, 0.1) is 5.92 Å². The van der Waals surface area contributed by atoms with Crippen LogP contribution in [0.15, 0.2) is 12.2 Å². The van der Waals surface area contributed by atoms with Gasteiger partial charge in [-0.1, -0.05) is 61.4 Å². The van der Waals surface area contributed by atoms with E-state index in [0.29, 0.717) is 57.2 Å². The maximum atomic E-state index is 11.7. The van der Waals surface area contributed by atoms with E-state index in [1.165, 1.54) is 0 Å². The summed E-state index contributed by atoms with van der Waals surface area (Å²) in [6.45, 7) is 12.4. The predicted molar refractivity (Wildman–Crippen MR) is 111 cm³/mol. The molecule has 0 radical (unpaired) electrons. The van der Waals surface area contributed by atoms with Gasteiger partial charge < -0.3 is 20.1 Å². The lowest BCUT2D eigenvalue weighted by atomic mass is 10.2. The Kier molecular flexibility index (Phi) is 18.7. The fraction of sp³-hybridized carbons (Fsp3) is 0.833. The fourth-order valence-corrected chi connectivity index (χ4v) is 3.29. The normalized spacial score (nSPS) is 11.9. The molecule has 0 aromatic carbocycles. The number of ether oxygens (including phenoxy) is 2. The molecule has 0 aliphatic rings.